The van der Waals surface area contributed by atoms with E-state index in [9.17, 15) is 5.11 Å². The van der Waals surface area contributed by atoms with Gasteiger partial charge in [-0.1, -0.05) is 33.6 Å². The van der Waals surface area contributed by atoms with E-state index in [2.05, 4.69) is 37.0 Å². The molecule has 0 spiro atoms. The first-order chi connectivity index (χ1) is 8.54. The van der Waals surface area contributed by atoms with E-state index >= 15 is 0 Å². The molecule has 0 amide bonds. The lowest BCUT2D eigenvalue weighted by Crippen LogP contribution is -2.10. The highest BCUT2D eigenvalue weighted by Gasteiger charge is 2.21. The fourth-order valence-electron chi connectivity index (χ4n) is 1.77. The lowest BCUT2D eigenvalue weighted by atomic mass is 10.1. The quantitative estimate of drug-likeness (QED) is 0.849. The monoisotopic (exact) mass is 392 g/mol. The molecule has 6 heteroatoms. The fourth-order valence-corrected chi connectivity index (χ4v) is 3.06. The third kappa shape index (κ3) is 2.64. The lowest BCUT2D eigenvalue weighted by molar-refractivity contribution is 0.207. The molecule has 18 heavy (non-hydrogen) atoms. The number of aliphatic hydroxyl groups excluding tert-OH is 1. The Labute approximate surface area is 127 Å². The van der Waals surface area contributed by atoms with Gasteiger partial charge in [-0.15, -0.1) is 0 Å². The highest BCUT2D eigenvalue weighted by Crippen LogP contribution is 2.33. The lowest BCUT2D eigenvalue weighted by Gasteiger charge is -2.15. The first kappa shape index (κ1) is 14.1. The van der Waals surface area contributed by atoms with Gasteiger partial charge in [0, 0.05) is 21.6 Å². The summed E-state index contributed by atoms with van der Waals surface area (Å²) in [5, 5.41) is 15.2. The molecule has 0 fully saturated rings. The molecule has 1 heterocycles. The normalized spacial score (nSPS) is 12.7. The van der Waals surface area contributed by atoms with Gasteiger partial charge in [-0.3, -0.25) is 4.68 Å². The summed E-state index contributed by atoms with van der Waals surface area (Å²) in [7, 11) is 0. The van der Waals surface area contributed by atoms with Crippen LogP contribution >= 0.6 is 43.5 Å². The van der Waals surface area contributed by atoms with Crippen molar-refractivity contribution in [1.82, 2.24) is 9.78 Å². The average Bonchev–Trinajstić information content (AvgIpc) is 2.69. The maximum Gasteiger partial charge on any atom is 0.123 e. The van der Waals surface area contributed by atoms with Gasteiger partial charge >= 0.3 is 0 Å². The van der Waals surface area contributed by atoms with Gasteiger partial charge in [0.1, 0.15) is 6.10 Å². The standard InChI is InChI=1S/C12H11Br2ClN2O/c1-2-17-11(9(14)6-16-17)12(18)8-4-3-7(13)5-10(8)15/h3-6,12,18H,2H2,1H3. The second-order valence-corrected chi connectivity index (χ2v) is 5.94. The largest absolute Gasteiger partial charge is 0.382 e. The van der Waals surface area contributed by atoms with Gasteiger partial charge < -0.3 is 5.11 Å². The Hall–Kier alpha value is -0.360. The Morgan fingerprint density at radius 2 is 2.17 bits per heavy atom. The molecule has 1 unspecified atom stereocenters. The first-order valence-corrected chi connectivity index (χ1v) is 7.35. The highest BCUT2D eigenvalue weighted by molar-refractivity contribution is 9.10. The van der Waals surface area contributed by atoms with Crippen molar-refractivity contribution in [1.29, 1.82) is 0 Å². The van der Waals surface area contributed by atoms with Gasteiger partial charge in [-0.05, 0) is 35.0 Å². The van der Waals surface area contributed by atoms with Crippen molar-refractivity contribution in [3.63, 3.8) is 0 Å². The van der Waals surface area contributed by atoms with Gasteiger partial charge in [-0.25, -0.2) is 0 Å². The molecular formula is C12H11Br2ClN2O. The number of aliphatic hydroxyl groups is 1. The van der Waals surface area contributed by atoms with Crippen molar-refractivity contribution < 1.29 is 5.11 Å². The van der Waals surface area contributed by atoms with Crippen molar-refractivity contribution in [3.05, 3.63) is 49.6 Å². The van der Waals surface area contributed by atoms with E-state index in [0.29, 0.717) is 22.8 Å². The summed E-state index contributed by atoms with van der Waals surface area (Å²) in [6.45, 7) is 2.66. The van der Waals surface area contributed by atoms with Crippen LogP contribution in [0.5, 0.6) is 0 Å². The summed E-state index contributed by atoms with van der Waals surface area (Å²) < 4.78 is 3.40. The third-order valence-electron chi connectivity index (χ3n) is 2.65. The van der Waals surface area contributed by atoms with E-state index in [-0.39, 0.29) is 0 Å². The maximum atomic E-state index is 10.5. The predicted octanol–water partition coefficient (Wildman–Crippen LogP) is 4.16. The summed E-state index contributed by atoms with van der Waals surface area (Å²) in [6, 6.07) is 5.42. The summed E-state index contributed by atoms with van der Waals surface area (Å²) >= 11 is 12.9. The van der Waals surface area contributed by atoms with E-state index in [1.807, 2.05) is 13.0 Å². The molecule has 0 radical (unpaired) electrons. The number of hydrogen-bond acceptors (Lipinski definition) is 2. The SMILES string of the molecule is CCn1ncc(Br)c1C(O)c1ccc(Br)cc1Cl. The molecular weight excluding hydrogens is 383 g/mol. The van der Waals surface area contributed by atoms with Crippen LogP contribution in [-0.4, -0.2) is 14.9 Å². The van der Waals surface area contributed by atoms with Crippen molar-refractivity contribution in [2.75, 3.05) is 0 Å². The maximum absolute atomic E-state index is 10.5. The molecule has 2 aromatic rings. The zero-order chi connectivity index (χ0) is 13.3. The second-order valence-electron chi connectivity index (χ2n) is 3.76. The van der Waals surface area contributed by atoms with Crippen LogP contribution in [-0.2, 0) is 6.54 Å². The number of rotatable bonds is 3. The Morgan fingerprint density at radius 1 is 1.44 bits per heavy atom. The molecule has 1 aromatic heterocycles. The van der Waals surface area contributed by atoms with Gasteiger partial charge in [0.25, 0.3) is 0 Å². The van der Waals surface area contributed by atoms with Crippen LogP contribution in [0.1, 0.15) is 24.3 Å². The van der Waals surface area contributed by atoms with Crippen molar-refractivity contribution >= 4 is 43.5 Å². The van der Waals surface area contributed by atoms with Crippen molar-refractivity contribution in [2.45, 2.75) is 19.6 Å². The molecule has 0 aliphatic rings. The minimum atomic E-state index is -0.803. The van der Waals surface area contributed by atoms with Crippen LogP contribution in [0, 0.1) is 0 Å². The number of nitrogens with zero attached hydrogens (tertiary/aromatic N) is 2. The zero-order valence-electron chi connectivity index (χ0n) is 9.57. The molecule has 96 valence electrons. The molecule has 3 nitrogen and oxygen atoms in total. The minimum Gasteiger partial charge on any atom is -0.382 e. The molecule has 0 saturated carbocycles. The second kappa shape index (κ2) is 5.74. The fraction of sp³-hybridized carbons (Fsp3) is 0.250. The first-order valence-electron chi connectivity index (χ1n) is 5.38. The van der Waals surface area contributed by atoms with Gasteiger partial charge in [0.15, 0.2) is 0 Å². The molecule has 0 aliphatic carbocycles. The predicted molar refractivity (Wildman–Crippen MR) is 78.8 cm³/mol. The molecule has 1 atom stereocenters. The Morgan fingerprint density at radius 3 is 2.78 bits per heavy atom. The molecule has 0 aliphatic heterocycles. The van der Waals surface area contributed by atoms with Crippen LogP contribution in [0.15, 0.2) is 33.3 Å². The van der Waals surface area contributed by atoms with Crippen LogP contribution in [0.4, 0.5) is 0 Å². The third-order valence-corrected chi connectivity index (χ3v) is 4.08. The van der Waals surface area contributed by atoms with Crippen LogP contribution in [0.2, 0.25) is 5.02 Å². The Balaban J connectivity index is 2.47. The number of aryl methyl sites for hydroxylation is 1. The van der Waals surface area contributed by atoms with E-state index in [4.69, 9.17) is 11.6 Å². The molecule has 1 N–H and O–H groups in total. The minimum absolute atomic E-state index is 0.521. The van der Waals surface area contributed by atoms with Gasteiger partial charge in [-0.2, -0.15) is 5.10 Å². The topological polar surface area (TPSA) is 38.0 Å². The summed E-state index contributed by atoms with van der Waals surface area (Å²) in [5.74, 6) is 0. The van der Waals surface area contributed by atoms with E-state index in [1.165, 1.54) is 0 Å². The van der Waals surface area contributed by atoms with Crippen LogP contribution in [0.25, 0.3) is 0 Å². The molecule has 2 rings (SSSR count). The highest BCUT2D eigenvalue weighted by atomic mass is 79.9. The van der Waals surface area contributed by atoms with Crippen LogP contribution in [0.3, 0.4) is 0 Å². The van der Waals surface area contributed by atoms with Gasteiger partial charge in [0.2, 0.25) is 0 Å². The van der Waals surface area contributed by atoms with E-state index < -0.39 is 6.10 Å². The van der Waals surface area contributed by atoms with E-state index in [1.54, 1.807) is 23.0 Å². The summed E-state index contributed by atoms with van der Waals surface area (Å²) in [4.78, 5) is 0. The number of aromatic nitrogens is 2. The van der Waals surface area contributed by atoms with Crippen molar-refractivity contribution in [2.24, 2.45) is 0 Å². The van der Waals surface area contributed by atoms with Gasteiger partial charge in [0.05, 0.1) is 16.4 Å². The Kier molecular flexibility index (Phi) is 4.48. The molecule has 0 bridgehead atoms. The van der Waals surface area contributed by atoms with Crippen molar-refractivity contribution in [3.8, 4) is 0 Å². The zero-order valence-corrected chi connectivity index (χ0v) is 13.5. The number of hydrogen-bond donors (Lipinski definition) is 1. The number of halogens is 3. The number of benzene rings is 1. The average molecular weight is 394 g/mol. The molecule has 1 aromatic carbocycles. The smallest absolute Gasteiger partial charge is 0.123 e. The van der Waals surface area contributed by atoms with E-state index in [0.717, 1.165) is 8.95 Å². The Bertz CT molecular complexity index is 571. The summed E-state index contributed by atoms with van der Waals surface area (Å²) in [6.07, 6.45) is 0.872. The van der Waals surface area contributed by atoms with Crippen LogP contribution < -0.4 is 0 Å². The molecule has 0 saturated heterocycles. The summed E-state index contributed by atoms with van der Waals surface area (Å²) in [5.41, 5.74) is 1.37.